The zero-order valence-corrected chi connectivity index (χ0v) is 16.5. The SMILES string of the molecule is O=c1[nH]c2cc(Cl)ccc2n(C2CCN(C3CCCCCCC3)CC2)c1=O. The Bertz CT molecular complexity index is 904. The maximum atomic E-state index is 12.6. The van der Waals surface area contributed by atoms with Crippen LogP contribution in [0.3, 0.4) is 0 Å². The Hall–Kier alpha value is -1.59. The van der Waals surface area contributed by atoms with Gasteiger partial charge in [-0.3, -0.25) is 14.2 Å². The van der Waals surface area contributed by atoms with Gasteiger partial charge in [-0.25, -0.2) is 0 Å². The first kappa shape index (κ1) is 18.8. The molecule has 27 heavy (non-hydrogen) atoms. The summed E-state index contributed by atoms with van der Waals surface area (Å²) in [4.78, 5) is 30.0. The number of hydrogen-bond donors (Lipinski definition) is 1. The van der Waals surface area contributed by atoms with Gasteiger partial charge in [-0.15, -0.1) is 0 Å². The van der Waals surface area contributed by atoms with Crippen molar-refractivity contribution < 1.29 is 0 Å². The number of aromatic nitrogens is 2. The lowest BCUT2D eigenvalue weighted by Crippen LogP contribution is -2.45. The second-order valence-electron chi connectivity index (χ2n) is 8.06. The van der Waals surface area contributed by atoms with Crippen LogP contribution in [-0.2, 0) is 0 Å². The van der Waals surface area contributed by atoms with Crippen molar-refractivity contribution in [3.63, 3.8) is 0 Å². The number of halogens is 1. The average Bonchev–Trinajstić information content (AvgIpc) is 2.63. The van der Waals surface area contributed by atoms with Crippen molar-refractivity contribution in [2.24, 2.45) is 0 Å². The van der Waals surface area contributed by atoms with E-state index in [0.717, 1.165) is 31.4 Å². The first-order chi connectivity index (χ1) is 13.1. The van der Waals surface area contributed by atoms with Crippen LogP contribution < -0.4 is 11.1 Å². The molecule has 1 aliphatic carbocycles. The summed E-state index contributed by atoms with van der Waals surface area (Å²) in [6.45, 7) is 2.01. The lowest BCUT2D eigenvalue weighted by Gasteiger charge is -2.39. The summed E-state index contributed by atoms with van der Waals surface area (Å²) < 4.78 is 1.71. The molecule has 1 aliphatic heterocycles. The molecule has 1 aromatic heterocycles. The third kappa shape index (κ3) is 3.99. The molecule has 146 valence electrons. The number of nitrogens with zero attached hydrogens (tertiary/aromatic N) is 2. The topological polar surface area (TPSA) is 58.1 Å². The Morgan fingerprint density at radius 2 is 1.56 bits per heavy atom. The highest BCUT2D eigenvalue weighted by Gasteiger charge is 2.27. The maximum absolute atomic E-state index is 12.6. The molecule has 1 N–H and O–H groups in total. The number of benzene rings is 1. The summed E-state index contributed by atoms with van der Waals surface area (Å²) in [6, 6.07) is 6.11. The number of hydrogen-bond acceptors (Lipinski definition) is 3. The second kappa shape index (κ2) is 8.19. The number of nitrogens with one attached hydrogen (secondary N) is 1. The molecule has 2 aromatic rings. The average molecular weight is 390 g/mol. The van der Waals surface area contributed by atoms with Crippen LogP contribution in [0.2, 0.25) is 5.02 Å². The van der Waals surface area contributed by atoms with E-state index in [4.69, 9.17) is 11.6 Å². The van der Waals surface area contributed by atoms with Gasteiger partial charge in [-0.1, -0.05) is 43.7 Å². The third-order valence-corrected chi connectivity index (χ3v) is 6.57. The van der Waals surface area contributed by atoms with Crippen LogP contribution in [0.1, 0.15) is 63.8 Å². The molecular weight excluding hydrogens is 362 g/mol. The Balaban J connectivity index is 1.55. The molecule has 0 amide bonds. The van der Waals surface area contributed by atoms with Gasteiger partial charge in [-0.05, 0) is 43.9 Å². The molecule has 2 aliphatic rings. The molecule has 0 unspecified atom stereocenters. The normalized spacial score (nSPS) is 21.2. The Morgan fingerprint density at radius 3 is 2.26 bits per heavy atom. The van der Waals surface area contributed by atoms with Crippen LogP contribution in [0.5, 0.6) is 0 Å². The number of rotatable bonds is 2. The van der Waals surface area contributed by atoms with Gasteiger partial charge in [0.05, 0.1) is 11.0 Å². The van der Waals surface area contributed by atoms with E-state index in [0.29, 0.717) is 16.6 Å². The minimum Gasteiger partial charge on any atom is -0.316 e. The number of likely N-dealkylation sites (tertiary alicyclic amines) is 1. The summed E-state index contributed by atoms with van der Waals surface area (Å²) in [5.41, 5.74) is 0.393. The van der Waals surface area contributed by atoms with E-state index in [1.807, 2.05) is 6.07 Å². The predicted molar refractivity (Wildman–Crippen MR) is 110 cm³/mol. The molecule has 0 radical (unpaired) electrons. The molecule has 2 heterocycles. The van der Waals surface area contributed by atoms with Gasteiger partial charge in [0, 0.05) is 30.2 Å². The third-order valence-electron chi connectivity index (χ3n) is 6.33. The van der Waals surface area contributed by atoms with Gasteiger partial charge >= 0.3 is 11.1 Å². The van der Waals surface area contributed by atoms with E-state index in [1.54, 1.807) is 16.7 Å². The minimum absolute atomic E-state index is 0.0771. The smallest absolute Gasteiger partial charge is 0.316 e. The first-order valence-corrected chi connectivity index (χ1v) is 10.7. The van der Waals surface area contributed by atoms with Crippen LogP contribution >= 0.6 is 11.6 Å². The predicted octanol–water partition coefficient (Wildman–Crippen LogP) is 4.09. The van der Waals surface area contributed by atoms with Gasteiger partial charge in [0.2, 0.25) is 0 Å². The van der Waals surface area contributed by atoms with Crippen LogP contribution in [-0.4, -0.2) is 33.6 Å². The molecule has 5 nitrogen and oxygen atoms in total. The fourth-order valence-corrected chi connectivity index (χ4v) is 5.06. The van der Waals surface area contributed by atoms with Gasteiger partial charge < -0.3 is 9.88 Å². The molecule has 6 heteroatoms. The molecule has 0 spiro atoms. The van der Waals surface area contributed by atoms with Crippen molar-refractivity contribution in [2.45, 2.75) is 69.9 Å². The van der Waals surface area contributed by atoms with Gasteiger partial charge in [0.1, 0.15) is 0 Å². The fourth-order valence-electron chi connectivity index (χ4n) is 4.88. The highest BCUT2D eigenvalue weighted by atomic mass is 35.5. The van der Waals surface area contributed by atoms with Crippen molar-refractivity contribution in [3.05, 3.63) is 43.9 Å². The Labute approximate surface area is 164 Å². The maximum Gasteiger partial charge on any atom is 0.316 e. The van der Waals surface area contributed by atoms with Crippen molar-refractivity contribution in [1.29, 1.82) is 0 Å². The summed E-state index contributed by atoms with van der Waals surface area (Å²) in [6.07, 6.45) is 11.2. The molecule has 4 rings (SSSR count). The lowest BCUT2D eigenvalue weighted by molar-refractivity contribution is 0.116. The van der Waals surface area contributed by atoms with Gasteiger partial charge in [-0.2, -0.15) is 0 Å². The number of fused-ring (bicyclic) bond motifs is 1. The van der Waals surface area contributed by atoms with Crippen LogP contribution in [0.25, 0.3) is 11.0 Å². The highest BCUT2D eigenvalue weighted by molar-refractivity contribution is 6.31. The molecule has 1 saturated heterocycles. The van der Waals surface area contributed by atoms with E-state index in [2.05, 4.69) is 9.88 Å². The molecule has 0 bridgehead atoms. The quantitative estimate of drug-likeness (QED) is 0.787. The summed E-state index contributed by atoms with van der Waals surface area (Å²) in [5, 5.41) is 0.558. The number of piperidine rings is 1. The molecular formula is C21H28ClN3O2. The molecule has 1 aromatic carbocycles. The van der Waals surface area contributed by atoms with Crippen LogP contribution in [0.4, 0.5) is 0 Å². The van der Waals surface area contributed by atoms with E-state index < -0.39 is 11.1 Å². The van der Waals surface area contributed by atoms with Crippen molar-refractivity contribution in [2.75, 3.05) is 13.1 Å². The monoisotopic (exact) mass is 389 g/mol. The van der Waals surface area contributed by atoms with E-state index in [1.165, 1.54) is 44.9 Å². The second-order valence-corrected chi connectivity index (χ2v) is 8.49. The standard InChI is InChI=1S/C21H28ClN3O2/c22-15-8-9-19-18(14-15)23-20(26)21(27)25(19)17-10-12-24(13-11-17)16-6-4-2-1-3-5-7-16/h8-9,14,16-17H,1-7,10-13H2,(H,23,26). The summed E-state index contributed by atoms with van der Waals surface area (Å²) >= 11 is 6.06. The first-order valence-electron chi connectivity index (χ1n) is 10.3. The Kier molecular flexibility index (Phi) is 5.69. The van der Waals surface area contributed by atoms with Crippen LogP contribution in [0, 0.1) is 0 Å². The largest absolute Gasteiger partial charge is 0.316 e. The number of aromatic amines is 1. The molecule has 2 fully saturated rings. The van der Waals surface area contributed by atoms with Crippen molar-refractivity contribution in [1.82, 2.24) is 14.5 Å². The zero-order valence-electron chi connectivity index (χ0n) is 15.8. The highest BCUT2D eigenvalue weighted by Crippen LogP contribution is 2.29. The zero-order chi connectivity index (χ0) is 18.8. The summed E-state index contributed by atoms with van der Waals surface area (Å²) in [5.74, 6) is 0. The van der Waals surface area contributed by atoms with E-state index in [-0.39, 0.29) is 6.04 Å². The molecule has 1 saturated carbocycles. The fraction of sp³-hybridized carbons (Fsp3) is 0.619. The van der Waals surface area contributed by atoms with Crippen molar-refractivity contribution >= 4 is 22.6 Å². The lowest BCUT2D eigenvalue weighted by atomic mass is 9.93. The molecule has 0 atom stereocenters. The van der Waals surface area contributed by atoms with Gasteiger partial charge in [0.15, 0.2) is 0 Å². The van der Waals surface area contributed by atoms with E-state index >= 15 is 0 Å². The van der Waals surface area contributed by atoms with Crippen molar-refractivity contribution in [3.8, 4) is 0 Å². The van der Waals surface area contributed by atoms with E-state index in [9.17, 15) is 9.59 Å². The van der Waals surface area contributed by atoms with Gasteiger partial charge in [0.25, 0.3) is 0 Å². The van der Waals surface area contributed by atoms with Crippen LogP contribution in [0.15, 0.2) is 27.8 Å². The minimum atomic E-state index is -0.563. The Morgan fingerprint density at radius 1 is 0.889 bits per heavy atom. The summed E-state index contributed by atoms with van der Waals surface area (Å²) in [7, 11) is 0. The number of H-pyrrole nitrogens is 1.